The van der Waals surface area contributed by atoms with Crippen LogP contribution in [0.3, 0.4) is 0 Å². The molecule has 54 heavy (non-hydrogen) atoms. The summed E-state index contributed by atoms with van der Waals surface area (Å²) in [6, 6.07) is 13.2. The number of amides is 2. The van der Waals surface area contributed by atoms with E-state index in [9.17, 15) is 25.2 Å². The van der Waals surface area contributed by atoms with Gasteiger partial charge in [0.1, 0.15) is 24.1 Å². The number of nitrogens with one attached hydrogen (secondary N) is 1. The summed E-state index contributed by atoms with van der Waals surface area (Å²) in [5.41, 5.74) is 4.22. The molecule has 1 aromatic heterocycles. The lowest BCUT2D eigenvalue weighted by Gasteiger charge is -2.27. The minimum absolute atomic E-state index is 0.113. The van der Waals surface area contributed by atoms with Gasteiger partial charge in [0.25, 0.3) is 0 Å². The number of hydrogen-bond donors (Lipinski definition) is 7. The Balaban J connectivity index is 1.15. The number of para-hydroxylation sites is 1. The summed E-state index contributed by atoms with van der Waals surface area (Å²) in [5, 5.41) is 61.3. The van der Waals surface area contributed by atoms with Crippen molar-refractivity contribution in [2.45, 2.75) is 87.7 Å². The third-order valence-corrected chi connectivity index (χ3v) is 10.4. The summed E-state index contributed by atoms with van der Waals surface area (Å²) in [4.78, 5) is 18.9. The molecular formula is C39H51Cl2N3O10. The molecule has 4 atom stereocenters. The highest BCUT2D eigenvalue weighted by Gasteiger charge is 2.48. The summed E-state index contributed by atoms with van der Waals surface area (Å²) >= 11 is 13.5. The van der Waals surface area contributed by atoms with Crippen LogP contribution in [0.5, 0.6) is 5.75 Å². The normalized spacial score (nSPS) is 17.0. The van der Waals surface area contributed by atoms with E-state index >= 15 is 0 Å². The molecule has 3 aromatic rings. The number of carbonyl (C=O) groups is 1. The number of benzene rings is 2. The number of ether oxygens (including phenoxy) is 3. The van der Waals surface area contributed by atoms with E-state index in [0.29, 0.717) is 35.9 Å². The van der Waals surface area contributed by atoms with Crippen molar-refractivity contribution < 1.29 is 49.6 Å². The molecule has 2 aliphatic carbocycles. The number of halogens is 2. The second-order valence-electron chi connectivity index (χ2n) is 13.8. The highest BCUT2D eigenvalue weighted by molar-refractivity contribution is 6.34. The van der Waals surface area contributed by atoms with Crippen molar-refractivity contribution in [3.05, 3.63) is 81.6 Å². The SMILES string of the molecule is O=C(NC[C@H](O)[C@@H](O)[C@H](O)[C@H](O)CO)N(CCCCc1cc(Cl)c(COC2(c3cnccc3-c3ccccc3OC3CC3)CC2)cc1Cl)CCOCCO. The highest BCUT2D eigenvalue weighted by Crippen LogP contribution is 2.53. The number of aliphatic hydroxyl groups is 6. The third kappa shape index (κ3) is 11.5. The molecule has 2 aliphatic rings. The molecule has 296 valence electrons. The second kappa shape index (κ2) is 20.2. The molecule has 0 aliphatic heterocycles. The molecule has 15 heteroatoms. The number of rotatable bonds is 23. The van der Waals surface area contributed by atoms with Crippen molar-refractivity contribution in [3.63, 3.8) is 0 Å². The number of aliphatic hydroxyl groups excluding tert-OH is 6. The van der Waals surface area contributed by atoms with Crippen molar-refractivity contribution in [3.8, 4) is 16.9 Å². The van der Waals surface area contributed by atoms with Gasteiger partial charge < -0.3 is 55.1 Å². The minimum Gasteiger partial charge on any atom is -0.490 e. The topological polar surface area (TPSA) is 194 Å². The van der Waals surface area contributed by atoms with Crippen molar-refractivity contribution >= 4 is 29.2 Å². The molecule has 2 saturated carbocycles. The molecule has 13 nitrogen and oxygen atoms in total. The van der Waals surface area contributed by atoms with Gasteiger partial charge in [-0.05, 0) is 85.9 Å². The molecule has 2 fully saturated rings. The lowest BCUT2D eigenvalue weighted by molar-refractivity contribution is -0.113. The van der Waals surface area contributed by atoms with Crippen LogP contribution in [-0.2, 0) is 28.1 Å². The molecule has 0 spiro atoms. The fourth-order valence-electron chi connectivity index (χ4n) is 6.16. The molecule has 0 radical (unpaired) electrons. The van der Waals surface area contributed by atoms with E-state index in [0.717, 1.165) is 59.3 Å². The number of pyridine rings is 1. The van der Waals surface area contributed by atoms with Gasteiger partial charge in [-0.25, -0.2) is 4.79 Å². The van der Waals surface area contributed by atoms with Gasteiger partial charge in [0.2, 0.25) is 0 Å². The zero-order valence-corrected chi connectivity index (χ0v) is 31.7. The Kier molecular flexibility index (Phi) is 15.7. The first-order valence-electron chi connectivity index (χ1n) is 18.4. The highest BCUT2D eigenvalue weighted by atomic mass is 35.5. The predicted molar refractivity (Wildman–Crippen MR) is 202 cm³/mol. The van der Waals surface area contributed by atoms with Crippen LogP contribution < -0.4 is 10.1 Å². The van der Waals surface area contributed by atoms with Crippen LogP contribution in [0.2, 0.25) is 10.0 Å². The summed E-state index contributed by atoms with van der Waals surface area (Å²) in [6.45, 7) is -0.325. The van der Waals surface area contributed by atoms with E-state index in [1.54, 1.807) is 6.20 Å². The number of aromatic nitrogens is 1. The van der Waals surface area contributed by atoms with Gasteiger partial charge in [-0.15, -0.1) is 0 Å². The fraction of sp³-hybridized carbons (Fsp3) is 0.538. The van der Waals surface area contributed by atoms with Crippen LogP contribution in [0.4, 0.5) is 4.79 Å². The number of urea groups is 1. The Labute approximate surface area is 325 Å². The molecule has 2 amide bonds. The second-order valence-corrected chi connectivity index (χ2v) is 14.6. The van der Waals surface area contributed by atoms with E-state index < -0.39 is 49.2 Å². The average Bonchev–Trinajstić information content (AvgIpc) is 4.13. The lowest BCUT2D eigenvalue weighted by atomic mass is 9.96. The number of aryl methyl sites for hydroxylation is 1. The number of nitrogens with zero attached hydrogens (tertiary/aromatic N) is 2. The molecule has 7 N–H and O–H groups in total. The van der Waals surface area contributed by atoms with Crippen molar-refractivity contribution in [1.29, 1.82) is 0 Å². The number of carbonyl (C=O) groups excluding carboxylic acids is 1. The first-order chi connectivity index (χ1) is 26.1. The average molecular weight is 793 g/mol. The van der Waals surface area contributed by atoms with Crippen LogP contribution in [0.15, 0.2) is 54.9 Å². The van der Waals surface area contributed by atoms with Gasteiger partial charge in [0.15, 0.2) is 0 Å². The van der Waals surface area contributed by atoms with Crippen LogP contribution in [-0.4, -0.2) is 123 Å². The summed E-state index contributed by atoms with van der Waals surface area (Å²) in [5.74, 6) is 0.863. The molecule has 5 rings (SSSR count). The lowest BCUT2D eigenvalue weighted by Crippen LogP contribution is -2.51. The van der Waals surface area contributed by atoms with Gasteiger partial charge in [0, 0.05) is 53.2 Å². The first-order valence-corrected chi connectivity index (χ1v) is 19.2. The van der Waals surface area contributed by atoms with Crippen LogP contribution in [0, 0.1) is 0 Å². The maximum absolute atomic E-state index is 13.0. The fourth-order valence-corrected chi connectivity index (χ4v) is 6.69. The van der Waals surface area contributed by atoms with E-state index in [2.05, 4.69) is 16.4 Å². The van der Waals surface area contributed by atoms with E-state index in [-0.39, 0.29) is 39.1 Å². The zero-order valence-electron chi connectivity index (χ0n) is 30.2. The maximum Gasteiger partial charge on any atom is 0.317 e. The van der Waals surface area contributed by atoms with Gasteiger partial charge >= 0.3 is 6.03 Å². The van der Waals surface area contributed by atoms with Gasteiger partial charge in [-0.1, -0.05) is 41.4 Å². The standard InChI is InChI=1S/C39H51Cl2N3O10/c40-31-20-26(24-53-39(11-12-39)30-21-42-13-10-28(30)29-6-1-2-7-35(29)54-27-8-9-27)32(41)19-25(31)5-3-4-14-44(15-17-52-18-16-45)38(51)43-22-33(47)36(49)37(50)34(48)23-46/h1-2,6-7,10,13,19-21,27,33-34,36-37,45-50H,3-5,8-9,11-12,14-18,22-24H2,(H,43,51)/t33-,34+,36+,37+/m0/s1. The van der Waals surface area contributed by atoms with Crippen molar-refractivity contribution in [2.75, 3.05) is 46.1 Å². The van der Waals surface area contributed by atoms with E-state index in [1.165, 1.54) is 4.90 Å². The summed E-state index contributed by atoms with van der Waals surface area (Å²) < 4.78 is 18.2. The molecule has 0 unspecified atom stereocenters. The summed E-state index contributed by atoms with van der Waals surface area (Å²) in [7, 11) is 0. The Morgan fingerprint density at radius 2 is 1.65 bits per heavy atom. The minimum atomic E-state index is -1.80. The molecule has 1 heterocycles. The van der Waals surface area contributed by atoms with Gasteiger partial charge in [-0.3, -0.25) is 4.98 Å². The molecule has 0 saturated heterocycles. The number of unbranched alkanes of at least 4 members (excludes halogenated alkanes) is 1. The third-order valence-electron chi connectivity index (χ3n) is 9.67. The van der Waals surface area contributed by atoms with E-state index in [1.807, 2.05) is 42.6 Å². The van der Waals surface area contributed by atoms with Crippen LogP contribution in [0.25, 0.3) is 11.1 Å². The smallest absolute Gasteiger partial charge is 0.317 e. The Bertz CT molecular complexity index is 1660. The summed E-state index contributed by atoms with van der Waals surface area (Å²) in [6.07, 6.45) is 2.78. The van der Waals surface area contributed by atoms with Crippen LogP contribution in [0.1, 0.15) is 55.2 Å². The maximum atomic E-state index is 13.0. The Morgan fingerprint density at radius 3 is 2.37 bits per heavy atom. The van der Waals surface area contributed by atoms with Crippen molar-refractivity contribution in [2.24, 2.45) is 0 Å². The predicted octanol–water partition coefficient (Wildman–Crippen LogP) is 3.58. The first kappa shape index (κ1) is 42.1. The van der Waals surface area contributed by atoms with Gasteiger partial charge in [-0.2, -0.15) is 0 Å². The largest absolute Gasteiger partial charge is 0.490 e. The Hall–Kier alpha value is -3.08. The molecule has 2 aromatic carbocycles. The zero-order chi connectivity index (χ0) is 38.7. The van der Waals surface area contributed by atoms with Gasteiger partial charge in [0.05, 0.1) is 50.8 Å². The van der Waals surface area contributed by atoms with Crippen LogP contribution >= 0.6 is 23.2 Å². The number of hydrogen-bond acceptors (Lipinski definition) is 11. The van der Waals surface area contributed by atoms with Crippen molar-refractivity contribution in [1.82, 2.24) is 15.2 Å². The molecular weight excluding hydrogens is 741 g/mol. The monoisotopic (exact) mass is 791 g/mol. The molecule has 0 bridgehead atoms. The van der Waals surface area contributed by atoms with E-state index in [4.69, 9.17) is 47.6 Å². The Morgan fingerprint density at radius 1 is 0.926 bits per heavy atom. The quantitative estimate of drug-likeness (QED) is 0.0695.